The zero-order chi connectivity index (χ0) is 35.1. The molecule has 2 aromatic rings. The number of alkyl carbamates (subject to hydrolysis) is 1. The molecule has 2 N–H and O–H groups in total. The first kappa shape index (κ1) is 41.2. The van der Waals surface area contributed by atoms with Crippen LogP contribution in [0.3, 0.4) is 0 Å². The van der Waals surface area contributed by atoms with Crippen LogP contribution in [0.2, 0.25) is 5.02 Å². The predicted octanol–water partition coefficient (Wildman–Crippen LogP) is 4.68. The first-order valence-corrected chi connectivity index (χ1v) is 18.7. The lowest BCUT2D eigenvalue weighted by molar-refractivity contribution is -0.138. The van der Waals surface area contributed by atoms with E-state index in [0.29, 0.717) is 82.2 Å². The molecule has 0 radical (unpaired) electrons. The molecule has 13 nitrogen and oxygen atoms in total. The molecule has 1 saturated heterocycles. The maximum Gasteiger partial charge on any atom is 0.407 e. The first-order chi connectivity index (χ1) is 23.9. The van der Waals surface area contributed by atoms with Crippen molar-refractivity contribution in [3.63, 3.8) is 0 Å². The Labute approximate surface area is 311 Å². The summed E-state index contributed by atoms with van der Waals surface area (Å²) in [5.41, 5.74) is 1.28. The van der Waals surface area contributed by atoms with Crippen LogP contribution in [-0.4, -0.2) is 110 Å². The fourth-order valence-corrected chi connectivity index (χ4v) is 6.03. The Morgan fingerprint density at radius 3 is 2.24 bits per heavy atom. The van der Waals surface area contributed by atoms with Crippen LogP contribution >= 0.6 is 45.8 Å². The van der Waals surface area contributed by atoms with Gasteiger partial charge in [0.1, 0.15) is 24.1 Å². The van der Waals surface area contributed by atoms with E-state index < -0.39 is 12.1 Å². The second-order valence-corrected chi connectivity index (χ2v) is 13.8. The van der Waals surface area contributed by atoms with E-state index >= 15 is 0 Å². The van der Waals surface area contributed by atoms with Crippen molar-refractivity contribution in [2.24, 2.45) is 0 Å². The molecule has 3 amide bonds. The molecule has 3 rings (SSSR count). The molecule has 0 bridgehead atoms. The zero-order valence-electron chi connectivity index (χ0n) is 27.7. The third kappa shape index (κ3) is 17.5. The van der Waals surface area contributed by atoms with Gasteiger partial charge in [0.05, 0.1) is 52.7 Å². The summed E-state index contributed by atoms with van der Waals surface area (Å²) in [6, 6.07) is 8.20. The van der Waals surface area contributed by atoms with Gasteiger partial charge in [-0.1, -0.05) is 64.3 Å². The van der Waals surface area contributed by atoms with Crippen LogP contribution in [0.15, 0.2) is 34.9 Å². The van der Waals surface area contributed by atoms with E-state index in [4.69, 9.17) is 51.4 Å². The van der Waals surface area contributed by atoms with E-state index in [1.807, 2.05) is 12.1 Å². The Hall–Kier alpha value is -2.21. The van der Waals surface area contributed by atoms with Crippen molar-refractivity contribution in [3.8, 4) is 0 Å². The van der Waals surface area contributed by atoms with E-state index in [1.165, 1.54) is 0 Å². The Kier molecular flexibility index (Phi) is 20.9. The third-order valence-electron chi connectivity index (χ3n) is 7.34. The van der Waals surface area contributed by atoms with E-state index in [1.54, 1.807) is 23.1 Å². The van der Waals surface area contributed by atoms with Crippen molar-refractivity contribution in [1.29, 1.82) is 0 Å². The van der Waals surface area contributed by atoms with Crippen molar-refractivity contribution in [3.05, 3.63) is 52.4 Å². The molecule has 1 aliphatic heterocycles. The average molecular weight is 842 g/mol. The van der Waals surface area contributed by atoms with Crippen LogP contribution < -0.4 is 10.6 Å². The molecule has 1 unspecified atom stereocenters. The topological polar surface area (TPSA) is 151 Å². The number of ether oxygens (including phenoxy) is 5. The number of aromatic nitrogens is 1. The number of hydrogen-bond donors (Lipinski definition) is 2. The quantitative estimate of drug-likeness (QED) is 0.0820. The molecule has 2 atom stereocenters. The van der Waals surface area contributed by atoms with Gasteiger partial charge in [-0.05, 0) is 37.0 Å². The molecule has 0 aliphatic carbocycles. The molecular formula is C33H47Cl2IN4O9. The van der Waals surface area contributed by atoms with Crippen molar-refractivity contribution < 1.29 is 42.6 Å². The average Bonchev–Trinajstić information content (AvgIpc) is 3.72. The minimum absolute atomic E-state index is 0.0665. The van der Waals surface area contributed by atoms with Gasteiger partial charge >= 0.3 is 6.09 Å². The summed E-state index contributed by atoms with van der Waals surface area (Å²) < 4.78 is 32.5. The van der Waals surface area contributed by atoms with Gasteiger partial charge in [0, 0.05) is 47.1 Å². The third-order valence-corrected chi connectivity index (χ3v) is 8.76. The van der Waals surface area contributed by atoms with Crippen molar-refractivity contribution in [2.75, 3.05) is 71.8 Å². The van der Waals surface area contributed by atoms with Crippen LogP contribution in [0.1, 0.15) is 49.1 Å². The number of rotatable bonds is 25. The van der Waals surface area contributed by atoms with Crippen LogP contribution in [0.4, 0.5) is 4.79 Å². The predicted molar refractivity (Wildman–Crippen MR) is 192 cm³/mol. The lowest BCUT2D eigenvalue weighted by atomic mass is 10.1. The zero-order valence-corrected chi connectivity index (χ0v) is 31.3. The summed E-state index contributed by atoms with van der Waals surface area (Å²) >= 11 is 13.8. The normalized spacial score (nSPS) is 15.8. The molecule has 1 aliphatic rings. The summed E-state index contributed by atoms with van der Waals surface area (Å²) in [5, 5.41) is 10.0. The molecule has 0 saturated carbocycles. The summed E-state index contributed by atoms with van der Waals surface area (Å²) in [6.07, 6.45) is 4.24. The number of carbonyl (C=O) groups is 3. The minimum Gasteiger partial charge on any atom is -0.443 e. The van der Waals surface area contributed by atoms with Gasteiger partial charge < -0.3 is 43.7 Å². The van der Waals surface area contributed by atoms with Crippen molar-refractivity contribution in [1.82, 2.24) is 20.7 Å². The smallest absolute Gasteiger partial charge is 0.407 e. The minimum atomic E-state index is -0.634. The fourth-order valence-electron chi connectivity index (χ4n) is 4.81. The maximum atomic E-state index is 13.1. The lowest BCUT2D eigenvalue weighted by Crippen LogP contribution is -2.46. The largest absolute Gasteiger partial charge is 0.443 e. The molecule has 16 heteroatoms. The highest BCUT2D eigenvalue weighted by atomic mass is 127. The van der Waals surface area contributed by atoms with Gasteiger partial charge in [0.25, 0.3) is 0 Å². The van der Waals surface area contributed by atoms with E-state index in [0.717, 1.165) is 43.7 Å². The summed E-state index contributed by atoms with van der Waals surface area (Å²) in [6.45, 7) is 4.83. The molecule has 1 fully saturated rings. The van der Waals surface area contributed by atoms with Gasteiger partial charge in [-0.25, -0.2) is 4.79 Å². The van der Waals surface area contributed by atoms with Gasteiger partial charge in [-0.3, -0.25) is 9.59 Å². The SMILES string of the molecule is O=C(NCCOCCOCCOCCOCCCCCCCl)OCc1cc(CC(=O)N2CC(I)C[C@H]2C(=O)NCc2ccc(Cl)cc2)on1. The van der Waals surface area contributed by atoms with Gasteiger partial charge in [-0.15, -0.1) is 11.6 Å². The number of carbonyl (C=O) groups excluding carboxylic acids is 3. The monoisotopic (exact) mass is 840 g/mol. The Morgan fingerprint density at radius 2 is 1.55 bits per heavy atom. The number of amides is 3. The lowest BCUT2D eigenvalue weighted by Gasteiger charge is -2.23. The Morgan fingerprint density at radius 1 is 0.898 bits per heavy atom. The number of nitrogens with one attached hydrogen (secondary N) is 2. The van der Waals surface area contributed by atoms with Gasteiger partial charge in [0.15, 0.2) is 0 Å². The highest BCUT2D eigenvalue weighted by Crippen LogP contribution is 2.25. The molecule has 1 aromatic carbocycles. The van der Waals surface area contributed by atoms with Gasteiger partial charge in [0.2, 0.25) is 11.8 Å². The molecule has 2 heterocycles. The van der Waals surface area contributed by atoms with E-state index in [-0.39, 0.29) is 35.3 Å². The highest BCUT2D eigenvalue weighted by Gasteiger charge is 2.38. The second-order valence-electron chi connectivity index (χ2n) is 11.3. The highest BCUT2D eigenvalue weighted by molar-refractivity contribution is 14.1. The number of hydrogen-bond acceptors (Lipinski definition) is 10. The molecule has 274 valence electrons. The van der Waals surface area contributed by atoms with E-state index in [2.05, 4.69) is 38.4 Å². The van der Waals surface area contributed by atoms with Crippen LogP contribution in [-0.2, 0) is 52.8 Å². The standard InChI is InChI=1S/C33H47Cl2IN4O9/c34-9-3-1-2-4-11-44-13-15-46-17-18-47-16-14-45-12-10-37-33(43)48-24-28-20-29(49-39-28)21-31(41)40-23-27(36)19-30(40)32(42)38-22-25-5-7-26(35)8-6-25/h5-8,20,27,30H,1-4,9-19,21-24H2,(H,37,43)(H,38,42)/t27?,30-/m0/s1. The molecular weight excluding hydrogens is 794 g/mol. The number of likely N-dealkylation sites (tertiary alicyclic amines) is 1. The van der Waals surface area contributed by atoms with Crippen LogP contribution in [0, 0.1) is 0 Å². The number of benzene rings is 1. The second kappa shape index (κ2) is 24.9. The van der Waals surface area contributed by atoms with Crippen molar-refractivity contribution >= 4 is 63.7 Å². The number of nitrogens with zero attached hydrogens (tertiary/aromatic N) is 2. The Bertz CT molecular complexity index is 1240. The number of unbranched alkanes of at least 4 members (excludes halogenated alkanes) is 3. The molecule has 1 aromatic heterocycles. The maximum absolute atomic E-state index is 13.1. The van der Waals surface area contributed by atoms with E-state index in [9.17, 15) is 14.4 Å². The number of halogens is 3. The van der Waals surface area contributed by atoms with Crippen molar-refractivity contribution in [2.45, 2.75) is 61.6 Å². The molecule has 49 heavy (non-hydrogen) atoms. The number of alkyl halides is 2. The fraction of sp³-hybridized carbons (Fsp3) is 0.636. The molecule has 0 spiro atoms. The van der Waals surface area contributed by atoms with Crippen LogP contribution in [0.25, 0.3) is 0 Å². The first-order valence-electron chi connectivity index (χ1n) is 16.5. The summed E-state index contributed by atoms with van der Waals surface area (Å²) in [7, 11) is 0. The Balaban J connectivity index is 1.19. The van der Waals surface area contributed by atoms with Crippen LogP contribution in [0.5, 0.6) is 0 Å². The van der Waals surface area contributed by atoms with Gasteiger partial charge in [-0.2, -0.15) is 0 Å². The summed E-state index contributed by atoms with van der Waals surface area (Å²) in [5.74, 6) is 0.584. The summed E-state index contributed by atoms with van der Waals surface area (Å²) in [4.78, 5) is 39.7.